The number of carboxylic acids is 1. The Labute approximate surface area is 133 Å². The van der Waals surface area contributed by atoms with Gasteiger partial charge in [-0.15, -0.1) is 0 Å². The predicted molar refractivity (Wildman–Crippen MR) is 88.2 cm³/mol. The van der Waals surface area contributed by atoms with Crippen molar-refractivity contribution in [3.8, 4) is 5.75 Å². The van der Waals surface area contributed by atoms with Gasteiger partial charge in [0.05, 0.1) is 6.61 Å². The molecule has 0 amide bonds. The highest BCUT2D eigenvalue weighted by Crippen LogP contribution is 2.23. The minimum absolute atomic E-state index is 0.328. The molecular formula is C17H28N2O3. The molecule has 22 heavy (non-hydrogen) atoms. The van der Waals surface area contributed by atoms with Crippen molar-refractivity contribution in [2.45, 2.75) is 46.2 Å². The average molecular weight is 308 g/mol. The van der Waals surface area contributed by atoms with Crippen LogP contribution in [0.25, 0.3) is 0 Å². The molecule has 1 aromatic rings. The minimum Gasteiger partial charge on any atom is -0.493 e. The molecule has 0 saturated carbocycles. The van der Waals surface area contributed by atoms with Crippen LogP contribution in [0, 0.1) is 0 Å². The summed E-state index contributed by atoms with van der Waals surface area (Å²) in [6.45, 7) is 9.72. The van der Waals surface area contributed by atoms with Crippen molar-refractivity contribution in [3.05, 3.63) is 29.3 Å². The molecule has 0 aliphatic heterocycles. The lowest BCUT2D eigenvalue weighted by Crippen LogP contribution is -2.32. The number of carbonyl (C=O) groups is 1. The maximum absolute atomic E-state index is 10.9. The first kappa shape index (κ1) is 18.5. The molecule has 0 heterocycles. The van der Waals surface area contributed by atoms with Crippen LogP contribution < -0.4 is 10.5 Å². The second-order valence-corrected chi connectivity index (χ2v) is 5.40. The Morgan fingerprint density at radius 3 is 2.55 bits per heavy atom. The fourth-order valence-corrected chi connectivity index (χ4v) is 2.27. The van der Waals surface area contributed by atoms with Gasteiger partial charge in [-0.05, 0) is 37.6 Å². The van der Waals surface area contributed by atoms with Gasteiger partial charge in [-0.25, -0.2) is 0 Å². The molecule has 0 bridgehead atoms. The van der Waals surface area contributed by atoms with Gasteiger partial charge in [-0.2, -0.15) is 0 Å². The Bertz CT molecular complexity index is 473. The molecule has 5 nitrogen and oxygen atoms in total. The molecule has 0 fully saturated rings. The van der Waals surface area contributed by atoms with Crippen LogP contribution in [-0.4, -0.2) is 41.7 Å². The zero-order valence-electron chi connectivity index (χ0n) is 13.8. The van der Waals surface area contributed by atoms with Crippen molar-refractivity contribution < 1.29 is 14.6 Å². The molecule has 0 aliphatic rings. The molecule has 1 atom stereocenters. The lowest BCUT2D eigenvalue weighted by molar-refractivity contribution is -0.138. The van der Waals surface area contributed by atoms with Gasteiger partial charge in [0.15, 0.2) is 0 Å². The van der Waals surface area contributed by atoms with Gasteiger partial charge >= 0.3 is 5.97 Å². The summed E-state index contributed by atoms with van der Waals surface area (Å²) < 4.78 is 5.81. The van der Waals surface area contributed by atoms with Gasteiger partial charge in [-0.3, -0.25) is 9.69 Å². The van der Waals surface area contributed by atoms with Crippen molar-refractivity contribution >= 4 is 5.97 Å². The van der Waals surface area contributed by atoms with E-state index in [9.17, 15) is 4.79 Å². The molecule has 0 saturated heterocycles. The Balaban J connectivity index is 2.96. The Morgan fingerprint density at radius 2 is 2.00 bits per heavy atom. The molecule has 3 N–H and O–H groups in total. The standard InChI is InChI=1S/C17H28N2O3/c1-4-9-22-16-8-7-13(11-15(18)17(20)21)10-14(16)12-19(5-2)6-3/h7-8,10,15H,4-6,9,11-12,18H2,1-3H3,(H,20,21). The molecule has 0 aliphatic carbocycles. The number of ether oxygens (including phenoxy) is 1. The third-order valence-corrected chi connectivity index (χ3v) is 3.65. The van der Waals surface area contributed by atoms with Gasteiger partial charge < -0.3 is 15.6 Å². The van der Waals surface area contributed by atoms with Gasteiger partial charge in [0.25, 0.3) is 0 Å². The monoisotopic (exact) mass is 308 g/mol. The molecule has 124 valence electrons. The van der Waals surface area contributed by atoms with Crippen LogP contribution in [0.15, 0.2) is 18.2 Å². The van der Waals surface area contributed by atoms with E-state index in [2.05, 4.69) is 25.7 Å². The van der Waals surface area contributed by atoms with Crippen LogP contribution in [0.3, 0.4) is 0 Å². The van der Waals surface area contributed by atoms with E-state index >= 15 is 0 Å². The van der Waals surface area contributed by atoms with E-state index in [1.165, 1.54) is 0 Å². The summed E-state index contributed by atoms with van der Waals surface area (Å²) in [5.41, 5.74) is 7.65. The van der Waals surface area contributed by atoms with E-state index in [1.54, 1.807) is 0 Å². The van der Waals surface area contributed by atoms with E-state index in [1.807, 2.05) is 18.2 Å². The van der Waals surface area contributed by atoms with E-state index in [-0.39, 0.29) is 0 Å². The summed E-state index contributed by atoms with van der Waals surface area (Å²) in [5.74, 6) is -0.0991. The molecular weight excluding hydrogens is 280 g/mol. The zero-order chi connectivity index (χ0) is 16.5. The number of nitrogens with zero attached hydrogens (tertiary/aromatic N) is 1. The van der Waals surface area contributed by atoms with Crippen LogP contribution in [0.5, 0.6) is 5.75 Å². The summed E-state index contributed by atoms with van der Waals surface area (Å²) in [4.78, 5) is 13.2. The van der Waals surface area contributed by atoms with E-state index < -0.39 is 12.0 Å². The summed E-state index contributed by atoms with van der Waals surface area (Å²) in [6, 6.07) is 4.98. The van der Waals surface area contributed by atoms with Crippen molar-refractivity contribution in [1.82, 2.24) is 4.90 Å². The lowest BCUT2D eigenvalue weighted by atomic mass is 10.0. The molecule has 0 radical (unpaired) electrons. The fraction of sp³-hybridized carbons (Fsp3) is 0.588. The highest BCUT2D eigenvalue weighted by Gasteiger charge is 2.14. The number of aliphatic carboxylic acids is 1. The van der Waals surface area contributed by atoms with Crippen LogP contribution >= 0.6 is 0 Å². The zero-order valence-corrected chi connectivity index (χ0v) is 13.8. The van der Waals surface area contributed by atoms with E-state index in [4.69, 9.17) is 15.6 Å². The van der Waals surface area contributed by atoms with Gasteiger partial charge in [0.2, 0.25) is 0 Å². The maximum Gasteiger partial charge on any atom is 0.320 e. The first-order valence-electron chi connectivity index (χ1n) is 7.97. The van der Waals surface area contributed by atoms with Crippen LogP contribution in [-0.2, 0) is 17.8 Å². The Kier molecular flexibility index (Phi) is 7.91. The first-order valence-corrected chi connectivity index (χ1v) is 7.97. The second kappa shape index (κ2) is 9.43. The minimum atomic E-state index is -0.975. The third-order valence-electron chi connectivity index (χ3n) is 3.65. The Morgan fingerprint density at radius 1 is 1.32 bits per heavy atom. The fourth-order valence-electron chi connectivity index (χ4n) is 2.27. The Hall–Kier alpha value is -1.59. The summed E-state index contributed by atoms with van der Waals surface area (Å²) in [5, 5.41) is 8.95. The van der Waals surface area contributed by atoms with Gasteiger partial charge in [0.1, 0.15) is 11.8 Å². The largest absolute Gasteiger partial charge is 0.493 e. The summed E-state index contributed by atoms with van der Waals surface area (Å²) in [6.07, 6.45) is 1.28. The van der Waals surface area contributed by atoms with Crippen LogP contribution in [0.1, 0.15) is 38.3 Å². The van der Waals surface area contributed by atoms with E-state index in [0.717, 1.165) is 42.9 Å². The molecule has 0 aromatic heterocycles. The quantitative estimate of drug-likeness (QED) is 0.693. The topological polar surface area (TPSA) is 75.8 Å². The van der Waals surface area contributed by atoms with E-state index in [0.29, 0.717) is 13.0 Å². The van der Waals surface area contributed by atoms with Crippen LogP contribution in [0.2, 0.25) is 0 Å². The first-order chi connectivity index (χ1) is 10.5. The van der Waals surface area contributed by atoms with Crippen molar-refractivity contribution in [3.63, 3.8) is 0 Å². The normalized spacial score (nSPS) is 12.4. The van der Waals surface area contributed by atoms with Gasteiger partial charge in [0, 0.05) is 12.1 Å². The van der Waals surface area contributed by atoms with Gasteiger partial charge in [-0.1, -0.05) is 32.9 Å². The third kappa shape index (κ3) is 5.66. The smallest absolute Gasteiger partial charge is 0.320 e. The number of nitrogens with two attached hydrogens (primary N) is 1. The number of hydrogen-bond acceptors (Lipinski definition) is 4. The van der Waals surface area contributed by atoms with Crippen LogP contribution in [0.4, 0.5) is 0 Å². The highest BCUT2D eigenvalue weighted by atomic mass is 16.5. The highest BCUT2D eigenvalue weighted by molar-refractivity contribution is 5.73. The summed E-state index contributed by atoms with van der Waals surface area (Å²) >= 11 is 0. The van der Waals surface area contributed by atoms with Crippen molar-refractivity contribution in [2.24, 2.45) is 5.73 Å². The SMILES string of the molecule is CCCOc1ccc(CC(N)C(=O)O)cc1CN(CC)CC. The summed E-state index contributed by atoms with van der Waals surface area (Å²) in [7, 11) is 0. The molecule has 5 heteroatoms. The number of hydrogen-bond donors (Lipinski definition) is 2. The predicted octanol–water partition coefficient (Wildman–Crippen LogP) is 2.27. The molecule has 0 spiro atoms. The molecule has 1 aromatic carbocycles. The number of benzene rings is 1. The average Bonchev–Trinajstić information content (AvgIpc) is 2.51. The number of carboxylic acid groups (broad SMARTS) is 1. The van der Waals surface area contributed by atoms with Crippen molar-refractivity contribution in [2.75, 3.05) is 19.7 Å². The molecule has 1 unspecified atom stereocenters. The maximum atomic E-state index is 10.9. The van der Waals surface area contributed by atoms with Crippen molar-refractivity contribution in [1.29, 1.82) is 0 Å². The number of rotatable bonds is 10. The lowest BCUT2D eigenvalue weighted by Gasteiger charge is -2.21. The molecule has 1 rings (SSSR count). The second-order valence-electron chi connectivity index (χ2n) is 5.40.